The van der Waals surface area contributed by atoms with E-state index in [0.29, 0.717) is 32.6 Å². The number of aromatic nitrogens is 4. The van der Waals surface area contributed by atoms with Crippen LogP contribution in [0, 0.1) is 6.92 Å². The van der Waals surface area contributed by atoms with Crippen molar-refractivity contribution in [1.29, 1.82) is 0 Å². The quantitative estimate of drug-likeness (QED) is 0.428. The highest BCUT2D eigenvalue weighted by Gasteiger charge is 2.18. The number of para-hydroxylation sites is 1. The van der Waals surface area contributed by atoms with E-state index in [0.717, 1.165) is 16.5 Å². The van der Waals surface area contributed by atoms with Gasteiger partial charge in [0, 0.05) is 18.3 Å². The van der Waals surface area contributed by atoms with Crippen LogP contribution in [0.5, 0.6) is 0 Å². The van der Waals surface area contributed by atoms with E-state index in [-0.39, 0.29) is 6.04 Å². The molecule has 3 heterocycles. The van der Waals surface area contributed by atoms with E-state index in [1.807, 2.05) is 45.0 Å². The van der Waals surface area contributed by atoms with Crippen LogP contribution < -0.4 is 5.55 Å². The molecular weight excluding hydrogens is 442 g/mol. The van der Waals surface area contributed by atoms with Gasteiger partial charge in [0.2, 0.25) is 11.4 Å². The molecule has 0 saturated heterocycles. The van der Waals surface area contributed by atoms with E-state index >= 15 is 0 Å². The predicted molar refractivity (Wildman–Crippen MR) is 113 cm³/mol. The van der Waals surface area contributed by atoms with Gasteiger partial charge in [-0.2, -0.15) is 5.10 Å². The van der Waals surface area contributed by atoms with Gasteiger partial charge >= 0.3 is 0 Å². The normalized spacial score (nSPS) is 12.3. The van der Waals surface area contributed by atoms with E-state index in [4.69, 9.17) is 21.0 Å². The molecule has 0 spiro atoms. The molecule has 0 aliphatic heterocycles. The third-order valence-corrected chi connectivity index (χ3v) is 4.77. The highest BCUT2D eigenvalue weighted by Crippen LogP contribution is 2.28. The molecule has 0 bridgehead atoms. The van der Waals surface area contributed by atoms with Crippen LogP contribution in [0.1, 0.15) is 19.4 Å². The van der Waals surface area contributed by atoms with Crippen molar-refractivity contribution in [3.63, 3.8) is 0 Å². The van der Waals surface area contributed by atoms with Crippen LogP contribution in [-0.4, -0.2) is 25.8 Å². The van der Waals surface area contributed by atoms with Crippen molar-refractivity contribution in [2.24, 2.45) is 4.99 Å². The fourth-order valence-electron chi connectivity index (χ4n) is 2.89. The first-order valence-electron chi connectivity index (χ1n) is 8.75. The minimum atomic E-state index is 0.0737. The summed E-state index contributed by atoms with van der Waals surface area (Å²) < 4.78 is 8.36. The highest BCUT2D eigenvalue weighted by molar-refractivity contribution is 9.10. The monoisotopic (exact) mass is 457 g/mol. The second kappa shape index (κ2) is 7.48. The minimum Gasteiger partial charge on any atom is -0.418 e. The number of aryl methyl sites for hydroxylation is 1. The molecule has 0 N–H and O–H groups in total. The van der Waals surface area contributed by atoms with Gasteiger partial charge in [0.05, 0.1) is 15.9 Å². The summed E-state index contributed by atoms with van der Waals surface area (Å²) in [7, 11) is 0. The summed E-state index contributed by atoms with van der Waals surface area (Å²) in [5.41, 5.74) is 3.03. The highest BCUT2D eigenvalue weighted by atomic mass is 79.9. The Morgan fingerprint density at radius 3 is 2.79 bits per heavy atom. The molecule has 142 valence electrons. The standard InChI is InChI=1S/C20H17BrClN5O/c1-11(2)24-19-13-7-4-6-12(3)17(13)25-20(28-19)15-10-16(21)26-27(15)18-14(22)8-5-9-23-18/h4-11H,1-3H3. The Hall–Kier alpha value is -2.51. The second-order valence-corrected chi connectivity index (χ2v) is 7.81. The molecule has 0 unspecified atom stereocenters. The summed E-state index contributed by atoms with van der Waals surface area (Å²) >= 11 is 9.77. The summed E-state index contributed by atoms with van der Waals surface area (Å²) in [6.07, 6.45) is 1.66. The molecule has 0 amide bonds. The molecule has 28 heavy (non-hydrogen) atoms. The van der Waals surface area contributed by atoms with Crippen molar-refractivity contribution >= 4 is 38.4 Å². The summed E-state index contributed by atoms with van der Waals surface area (Å²) in [6.45, 7) is 6.03. The molecule has 0 aliphatic rings. The molecule has 1 aromatic carbocycles. The van der Waals surface area contributed by atoms with Crippen LogP contribution in [0.2, 0.25) is 5.02 Å². The Labute approximate surface area is 175 Å². The summed E-state index contributed by atoms with van der Waals surface area (Å²) in [5, 5.41) is 5.82. The number of hydrogen-bond acceptors (Lipinski definition) is 5. The fourth-order valence-corrected chi connectivity index (χ4v) is 3.47. The second-order valence-electron chi connectivity index (χ2n) is 6.59. The molecule has 0 radical (unpaired) electrons. The van der Waals surface area contributed by atoms with Gasteiger partial charge in [-0.15, -0.1) is 0 Å². The largest absolute Gasteiger partial charge is 0.418 e. The van der Waals surface area contributed by atoms with Gasteiger partial charge in [-0.3, -0.25) is 0 Å². The number of rotatable bonds is 3. The Kier molecular flexibility index (Phi) is 5.03. The van der Waals surface area contributed by atoms with Crippen molar-refractivity contribution in [3.8, 4) is 17.4 Å². The average Bonchev–Trinajstić information content (AvgIpc) is 3.04. The van der Waals surface area contributed by atoms with Crippen LogP contribution in [0.4, 0.5) is 0 Å². The number of halogens is 2. The van der Waals surface area contributed by atoms with Crippen molar-refractivity contribution in [1.82, 2.24) is 19.7 Å². The van der Waals surface area contributed by atoms with Gasteiger partial charge in [-0.1, -0.05) is 23.7 Å². The summed E-state index contributed by atoms with van der Waals surface area (Å²) in [4.78, 5) is 13.8. The Morgan fingerprint density at radius 2 is 2.04 bits per heavy atom. The Bertz CT molecular complexity index is 1250. The van der Waals surface area contributed by atoms with Gasteiger partial charge in [0.1, 0.15) is 10.3 Å². The smallest absolute Gasteiger partial charge is 0.248 e. The number of fused-ring (bicyclic) bond motifs is 1. The first-order chi connectivity index (χ1) is 13.4. The molecule has 8 heteroatoms. The lowest BCUT2D eigenvalue weighted by Crippen LogP contribution is -2.11. The molecule has 0 atom stereocenters. The molecular formula is C20H17BrClN5O. The first-order valence-corrected chi connectivity index (χ1v) is 9.92. The van der Waals surface area contributed by atoms with Crippen molar-refractivity contribution in [2.75, 3.05) is 0 Å². The van der Waals surface area contributed by atoms with E-state index in [2.05, 4.69) is 31.0 Å². The lowest BCUT2D eigenvalue weighted by Gasteiger charge is -2.09. The molecule has 4 aromatic rings. The summed E-state index contributed by atoms with van der Waals surface area (Å²) in [5.74, 6) is 0.884. The lowest BCUT2D eigenvalue weighted by atomic mass is 10.1. The zero-order chi connectivity index (χ0) is 19.8. The van der Waals surface area contributed by atoms with Gasteiger partial charge in [-0.25, -0.2) is 19.6 Å². The molecule has 0 aliphatic carbocycles. The number of pyridine rings is 1. The zero-order valence-electron chi connectivity index (χ0n) is 15.5. The zero-order valence-corrected chi connectivity index (χ0v) is 17.9. The molecule has 4 rings (SSSR count). The van der Waals surface area contributed by atoms with Crippen molar-refractivity contribution < 1.29 is 4.42 Å². The third-order valence-electron chi connectivity index (χ3n) is 4.09. The van der Waals surface area contributed by atoms with Gasteiger partial charge in [0.25, 0.3) is 0 Å². The molecule has 3 aromatic heterocycles. The number of benzene rings is 1. The van der Waals surface area contributed by atoms with E-state index in [1.54, 1.807) is 23.0 Å². The van der Waals surface area contributed by atoms with Crippen LogP contribution in [-0.2, 0) is 0 Å². The van der Waals surface area contributed by atoms with E-state index < -0.39 is 0 Å². The topological polar surface area (TPSA) is 69.1 Å². The molecule has 0 fully saturated rings. The maximum absolute atomic E-state index is 6.34. The van der Waals surface area contributed by atoms with E-state index in [1.165, 1.54) is 0 Å². The number of hydrogen-bond donors (Lipinski definition) is 0. The Morgan fingerprint density at radius 1 is 1.21 bits per heavy atom. The van der Waals surface area contributed by atoms with Crippen LogP contribution in [0.25, 0.3) is 28.3 Å². The number of nitrogens with zero attached hydrogens (tertiary/aromatic N) is 5. The lowest BCUT2D eigenvalue weighted by molar-refractivity contribution is 0.486. The van der Waals surface area contributed by atoms with Crippen LogP contribution in [0.15, 0.2) is 56.6 Å². The van der Waals surface area contributed by atoms with Crippen LogP contribution >= 0.6 is 27.5 Å². The van der Waals surface area contributed by atoms with Crippen molar-refractivity contribution in [2.45, 2.75) is 26.8 Å². The fraction of sp³-hybridized carbons (Fsp3) is 0.200. The molecule has 6 nitrogen and oxygen atoms in total. The third kappa shape index (κ3) is 3.47. The van der Waals surface area contributed by atoms with Gasteiger partial charge in [0.15, 0.2) is 5.82 Å². The maximum atomic E-state index is 6.34. The van der Waals surface area contributed by atoms with Crippen LogP contribution in [0.3, 0.4) is 0 Å². The van der Waals surface area contributed by atoms with Crippen molar-refractivity contribution in [3.05, 3.63) is 63.3 Å². The van der Waals surface area contributed by atoms with Gasteiger partial charge in [-0.05, 0) is 60.5 Å². The maximum Gasteiger partial charge on any atom is 0.248 e. The first kappa shape index (κ1) is 18.8. The van der Waals surface area contributed by atoms with Gasteiger partial charge < -0.3 is 4.42 Å². The SMILES string of the molecule is Cc1cccc2c(=NC(C)C)oc(-c3cc(Br)nn3-c3ncccc3Cl)nc12. The average molecular weight is 459 g/mol. The van der Waals surface area contributed by atoms with E-state index in [9.17, 15) is 0 Å². The summed E-state index contributed by atoms with van der Waals surface area (Å²) in [6, 6.07) is 11.4. The molecule has 0 saturated carbocycles. The Balaban J connectivity index is 2.04. The predicted octanol–water partition coefficient (Wildman–Crippen LogP) is 5.11. The minimum absolute atomic E-state index is 0.0737.